The van der Waals surface area contributed by atoms with Gasteiger partial charge in [0.05, 0.1) is 0 Å². The van der Waals surface area contributed by atoms with Crippen molar-refractivity contribution < 1.29 is 9.90 Å². The maximum Gasteiger partial charge on any atom is 0.317 e. The Kier molecular flexibility index (Phi) is 5.22. The van der Waals surface area contributed by atoms with E-state index >= 15 is 0 Å². The SMILES string of the molecule is CC(C)CNC(=O)N1CCCC(C(O)c2nccn2C)C1. The van der Waals surface area contributed by atoms with Crippen molar-refractivity contribution in [2.45, 2.75) is 32.8 Å². The molecule has 1 aliphatic rings. The van der Waals surface area contributed by atoms with E-state index in [1.807, 2.05) is 22.7 Å². The van der Waals surface area contributed by atoms with Crippen LogP contribution < -0.4 is 5.32 Å². The number of piperidine rings is 1. The summed E-state index contributed by atoms with van der Waals surface area (Å²) in [5.74, 6) is 1.15. The van der Waals surface area contributed by atoms with Crippen molar-refractivity contribution in [3.05, 3.63) is 18.2 Å². The highest BCUT2D eigenvalue weighted by Gasteiger charge is 2.31. The lowest BCUT2D eigenvalue weighted by Gasteiger charge is -2.35. The van der Waals surface area contributed by atoms with E-state index in [0.29, 0.717) is 24.8 Å². The lowest BCUT2D eigenvalue weighted by molar-refractivity contribution is 0.0531. The van der Waals surface area contributed by atoms with Crippen LogP contribution in [0.4, 0.5) is 4.79 Å². The van der Waals surface area contributed by atoms with Crippen LogP contribution in [0.3, 0.4) is 0 Å². The van der Waals surface area contributed by atoms with Crippen molar-refractivity contribution in [3.8, 4) is 0 Å². The van der Waals surface area contributed by atoms with Crippen LogP contribution >= 0.6 is 0 Å². The number of carbonyl (C=O) groups excluding carboxylic acids is 1. The van der Waals surface area contributed by atoms with Crippen LogP contribution in [0.15, 0.2) is 12.4 Å². The van der Waals surface area contributed by atoms with Gasteiger partial charge in [-0.3, -0.25) is 0 Å². The molecule has 1 aromatic heterocycles. The number of aliphatic hydroxyl groups excluding tert-OH is 1. The summed E-state index contributed by atoms with van der Waals surface area (Å²) in [6.45, 7) is 6.17. The predicted octanol–water partition coefficient (Wildman–Crippen LogP) is 1.53. The molecule has 21 heavy (non-hydrogen) atoms. The minimum atomic E-state index is -0.620. The molecule has 1 aromatic rings. The number of nitrogens with zero attached hydrogens (tertiary/aromatic N) is 3. The zero-order valence-electron chi connectivity index (χ0n) is 13.1. The van der Waals surface area contributed by atoms with Crippen molar-refractivity contribution in [1.82, 2.24) is 19.8 Å². The molecule has 2 heterocycles. The Labute approximate surface area is 126 Å². The maximum atomic E-state index is 12.1. The average molecular weight is 294 g/mol. The normalized spacial score (nSPS) is 20.6. The first kappa shape index (κ1) is 15.8. The van der Waals surface area contributed by atoms with E-state index in [2.05, 4.69) is 24.1 Å². The van der Waals surface area contributed by atoms with Gasteiger partial charge in [0.1, 0.15) is 11.9 Å². The Morgan fingerprint density at radius 2 is 2.33 bits per heavy atom. The minimum absolute atomic E-state index is 0.0274. The van der Waals surface area contributed by atoms with Crippen LogP contribution in [-0.4, -0.2) is 45.2 Å². The minimum Gasteiger partial charge on any atom is -0.385 e. The fourth-order valence-corrected chi connectivity index (χ4v) is 2.73. The van der Waals surface area contributed by atoms with Gasteiger partial charge in [-0.25, -0.2) is 9.78 Å². The largest absolute Gasteiger partial charge is 0.385 e. The van der Waals surface area contributed by atoms with Gasteiger partial charge in [0, 0.05) is 45.0 Å². The lowest BCUT2D eigenvalue weighted by atomic mass is 9.92. The second kappa shape index (κ2) is 6.93. The number of nitrogens with one attached hydrogen (secondary N) is 1. The molecule has 2 N–H and O–H groups in total. The van der Waals surface area contributed by atoms with Gasteiger partial charge in [0.15, 0.2) is 0 Å². The summed E-state index contributed by atoms with van der Waals surface area (Å²) in [6.07, 6.45) is 4.73. The number of hydrogen-bond donors (Lipinski definition) is 2. The Balaban J connectivity index is 1.94. The van der Waals surface area contributed by atoms with E-state index in [-0.39, 0.29) is 11.9 Å². The highest BCUT2D eigenvalue weighted by Crippen LogP contribution is 2.28. The molecule has 6 nitrogen and oxygen atoms in total. The highest BCUT2D eigenvalue weighted by atomic mass is 16.3. The quantitative estimate of drug-likeness (QED) is 0.885. The number of aryl methyl sites for hydroxylation is 1. The first-order valence-corrected chi connectivity index (χ1v) is 7.67. The Morgan fingerprint density at radius 1 is 1.57 bits per heavy atom. The molecule has 1 saturated heterocycles. The average Bonchev–Trinajstić information content (AvgIpc) is 2.90. The molecule has 0 aliphatic carbocycles. The van der Waals surface area contributed by atoms with Gasteiger partial charge in [0.2, 0.25) is 0 Å². The number of carbonyl (C=O) groups is 1. The molecule has 1 aliphatic heterocycles. The maximum absolute atomic E-state index is 12.1. The number of likely N-dealkylation sites (tertiary alicyclic amines) is 1. The standard InChI is InChI=1S/C15H26N4O2/c1-11(2)9-17-15(21)19-7-4-5-12(10-19)13(20)14-16-6-8-18(14)3/h6,8,11-13,20H,4-5,7,9-10H2,1-3H3,(H,17,21). The van der Waals surface area contributed by atoms with Gasteiger partial charge in [-0.1, -0.05) is 13.8 Å². The van der Waals surface area contributed by atoms with Gasteiger partial charge in [0.25, 0.3) is 0 Å². The zero-order valence-corrected chi connectivity index (χ0v) is 13.1. The Bertz CT molecular complexity index is 472. The summed E-state index contributed by atoms with van der Waals surface area (Å²) >= 11 is 0. The number of imidazole rings is 1. The predicted molar refractivity (Wildman–Crippen MR) is 80.7 cm³/mol. The Morgan fingerprint density at radius 3 is 2.95 bits per heavy atom. The Hall–Kier alpha value is -1.56. The molecule has 118 valence electrons. The number of aliphatic hydroxyl groups is 1. The van der Waals surface area contributed by atoms with Crippen LogP contribution in [0.25, 0.3) is 0 Å². The summed E-state index contributed by atoms with van der Waals surface area (Å²) in [5.41, 5.74) is 0. The number of urea groups is 1. The summed E-state index contributed by atoms with van der Waals surface area (Å²) in [7, 11) is 1.88. The van der Waals surface area contributed by atoms with E-state index in [0.717, 1.165) is 19.4 Å². The molecule has 2 amide bonds. The van der Waals surface area contributed by atoms with E-state index in [1.165, 1.54) is 0 Å². The number of aromatic nitrogens is 2. The van der Waals surface area contributed by atoms with Crippen molar-refractivity contribution in [2.24, 2.45) is 18.9 Å². The van der Waals surface area contributed by atoms with Crippen LogP contribution in [0.5, 0.6) is 0 Å². The van der Waals surface area contributed by atoms with E-state index in [9.17, 15) is 9.90 Å². The fourth-order valence-electron chi connectivity index (χ4n) is 2.73. The van der Waals surface area contributed by atoms with Gasteiger partial charge in [-0.2, -0.15) is 0 Å². The molecular weight excluding hydrogens is 268 g/mol. The van der Waals surface area contributed by atoms with Gasteiger partial charge in [-0.15, -0.1) is 0 Å². The lowest BCUT2D eigenvalue weighted by Crippen LogP contribution is -2.47. The highest BCUT2D eigenvalue weighted by molar-refractivity contribution is 5.74. The molecule has 0 radical (unpaired) electrons. The third kappa shape index (κ3) is 3.97. The second-order valence-corrected chi connectivity index (χ2v) is 6.27. The summed E-state index contributed by atoms with van der Waals surface area (Å²) in [6, 6.07) is -0.0274. The van der Waals surface area contributed by atoms with Crippen LogP contribution in [0.1, 0.15) is 38.6 Å². The van der Waals surface area contributed by atoms with Crippen LogP contribution in [-0.2, 0) is 7.05 Å². The molecule has 0 aromatic carbocycles. The molecule has 0 bridgehead atoms. The number of amides is 2. The van der Waals surface area contributed by atoms with E-state index in [4.69, 9.17) is 0 Å². The number of rotatable bonds is 4. The summed E-state index contributed by atoms with van der Waals surface area (Å²) in [5, 5.41) is 13.4. The van der Waals surface area contributed by atoms with Crippen molar-refractivity contribution in [1.29, 1.82) is 0 Å². The molecule has 2 unspecified atom stereocenters. The van der Waals surface area contributed by atoms with Gasteiger partial charge >= 0.3 is 6.03 Å². The second-order valence-electron chi connectivity index (χ2n) is 6.27. The smallest absolute Gasteiger partial charge is 0.317 e. The molecule has 1 fully saturated rings. The summed E-state index contributed by atoms with van der Waals surface area (Å²) < 4.78 is 1.84. The third-order valence-corrected chi connectivity index (χ3v) is 3.98. The van der Waals surface area contributed by atoms with E-state index < -0.39 is 6.10 Å². The van der Waals surface area contributed by atoms with E-state index in [1.54, 1.807) is 6.20 Å². The van der Waals surface area contributed by atoms with Crippen LogP contribution in [0, 0.1) is 11.8 Å². The molecule has 0 saturated carbocycles. The third-order valence-electron chi connectivity index (χ3n) is 3.98. The zero-order chi connectivity index (χ0) is 15.4. The summed E-state index contributed by atoms with van der Waals surface area (Å²) in [4.78, 5) is 18.2. The number of hydrogen-bond acceptors (Lipinski definition) is 3. The fraction of sp³-hybridized carbons (Fsp3) is 0.733. The molecule has 6 heteroatoms. The molecule has 0 spiro atoms. The topological polar surface area (TPSA) is 70.4 Å². The van der Waals surface area contributed by atoms with Crippen molar-refractivity contribution >= 4 is 6.03 Å². The molecular formula is C15H26N4O2. The monoisotopic (exact) mass is 294 g/mol. The molecule has 2 atom stereocenters. The van der Waals surface area contributed by atoms with Crippen molar-refractivity contribution in [2.75, 3.05) is 19.6 Å². The van der Waals surface area contributed by atoms with Gasteiger partial charge in [-0.05, 0) is 18.8 Å². The first-order chi connectivity index (χ1) is 9.99. The van der Waals surface area contributed by atoms with Crippen LogP contribution in [0.2, 0.25) is 0 Å². The van der Waals surface area contributed by atoms with Gasteiger partial charge < -0.3 is 19.9 Å². The van der Waals surface area contributed by atoms with Crippen molar-refractivity contribution in [3.63, 3.8) is 0 Å². The first-order valence-electron chi connectivity index (χ1n) is 7.67. The molecule has 2 rings (SSSR count).